The zero-order chi connectivity index (χ0) is 24.1. The zero-order valence-corrected chi connectivity index (χ0v) is 19.3. The van der Waals surface area contributed by atoms with Crippen molar-refractivity contribution in [3.8, 4) is 11.5 Å². The molecule has 34 heavy (non-hydrogen) atoms. The van der Waals surface area contributed by atoms with Crippen molar-refractivity contribution in [2.45, 2.75) is 19.3 Å². The molecular weight excluding hydrogens is 432 g/mol. The average Bonchev–Trinajstić information content (AvgIpc) is 3.23. The number of rotatable bonds is 8. The maximum Gasteiger partial charge on any atom is 0.293 e. The van der Waals surface area contributed by atoms with Crippen LogP contribution in [0.3, 0.4) is 0 Å². The van der Waals surface area contributed by atoms with Crippen molar-refractivity contribution < 1.29 is 23.5 Å². The Morgan fingerprint density at radius 3 is 2.29 bits per heavy atom. The van der Waals surface area contributed by atoms with E-state index in [1.54, 1.807) is 31.4 Å². The van der Waals surface area contributed by atoms with E-state index in [1.807, 2.05) is 55.5 Å². The molecule has 0 aliphatic carbocycles. The number of hydrogen-bond acceptors (Lipinski definition) is 5. The first kappa shape index (κ1) is 22.9. The lowest BCUT2D eigenvalue weighted by Gasteiger charge is -2.16. The normalized spacial score (nSPS) is 11.6. The Morgan fingerprint density at radius 2 is 1.59 bits per heavy atom. The number of carbonyl (C=O) groups excluding carboxylic acids is 2. The van der Waals surface area contributed by atoms with Gasteiger partial charge >= 0.3 is 0 Å². The van der Waals surface area contributed by atoms with Gasteiger partial charge in [0.25, 0.3) is 5.91 Å². The summed E-state index contributed by atoms with van der Waals surface area (Å²) >= 11 is 0. The molecule has 1 heterocycles. The highest BCUT2D eigenvalue weighted by Crippen LogP contribution is 2.34. The van der Waals surface area contributed by atoms with E-state index in [9.17, 15) is 9.59 Å². The quantitative estimate of drug-likeness (QED) is 0.346. The number of benzene rings is 3. The maximum absolute atomic E-state index is 13.3. The topological polar surface area (TPSA) is 89.8 Å². The van der Waals surface area contributed by atoms with Crippen LogP contribution in [0.15, 0.2) is 77.2 Å². The van der Waals surface area contributed by atoms with Crippen LogP contribution in [-0.4, -0.2) is 26.0 Å². The van der Waals surface area contributed by atoms with E-state index in [-0.39, 0.29) is 17.6 Å². The highest BCUT2D eigenvalue weighted by atomic mass is 16.5. The first-order chi connectivity index (χ1) is 16.5. The van der Waals surface area contributed by atoms with Crippen molar-refractivity contribution in [3.05, 3.63) is 84.1 Å². The third kappa shape index (κ3) is 4.59. The number of hydrogen-bond donors (Lipinski definition) is 2. The lowest BCUT2D eigenvalue weighted by molar-refractivity contribution is -0.117. The van der Waals surface area contributed by atoms with Crippen molar-refractivity contribution in [1.82, 2.24) is 0 Å². The second-order valence-corrected chi connectivity index (χ2v) is 7.69. The first-order valence-electron chi connectivity index (χ1n) is 11.0. The molecule has 174 valence electrons. The molecule has 0 radical (unpaired) electrons. The molecule has 7 nitrogen and oxygen atoms in total. The van der Waals surface area contributed by atoms with E-state index >= 15 is 0 Å². The van der Waals surface area contributed by atoms with Gasteiger partial charge in [0.05, 0.1) is 20.1 Å². The Kier molecular flexibility index (Phi) is 6.82. The van der Waals surface area contributed by atoms with E-state index in [2.05, 4.69) is 10.6 Å². The van der Waals surface area contributed by atoms with Crippen LogP contribution in [0.25, 0.3) is 11.0 Å². The van der Waals surface area contributed by atoms with Crippen LogP contribution in [0.2, 0.25) is 0 Å². The molecule has 0 aliphatic heterocycles. The van der Waals surface area contributed by atoms with E-state index in [1.165, 1.54) is 7.11 Å². The van der Waals surface area contributed by atoms with Crippen LogP contribution < -0.4 is 20.1 Å². The van der Waals surface area contributed by atoms with Gasteiger partial charge in [0.15, 0.2) is 11.5 Å². The number of nitrogens with one attached hydrogen (secondary N) is 2. The molecule has 1 aromatic heterocycles. The van der Waals surface area contributed by atoms with Gasteiger partial charge in [-0.05, 0) is 36.2 Å². The van der Waals surface area contributed by atoms with Gasteiger partial charge in [-0.25, -0.2) is 0 Å². The van der Waals surface area contributed by atoms with Crippen molar-refractivity contribution in [2.75, 3.05) is 24.9 Å². The number of carbonyl (C=O) groups is 2. The van der Waals surface area contributed by atoms with Gasteiger partial charge in [-0.1, -0.05) is 49.4 Å². The van der Waals surface area contributed by atoms with Crippen molar-refractivity contribution in [2.24, 2.45) is 0 Å². The Bertz CT molecular complexity index is 1310. The fraction of sp³-hybridized carbons (Fsp3) is 0.185. The minimum atomic E-state index is -0.494. The summed E-state index contributed by atoms with van der Waals surface area (Å²) < 4.78 is 16.4. The van der Waals surface area contributed by atoms with Gasteiger partial charge in [0.1, 0.15) is 11.3 Å². The van der Waals surface area contributed by atoms with Crippen molar-refractivity contribution in [3.63, 3.8) is 0 Å². The molecular formula is C27H26N2O5. The Balaban J connectivity index is 1.66. The fourth-order valence-corrected chi connectivity index (χ4v) is 3.90. The molecule has 0 unspecified atom stereocenters. The van der Waals surface area contributed by atoms with Crippen LogP contribution >= 0.6 is 0 Å². The first-order valence-corrected chi connectivity index (χ1v) is 11.0. The van der Waals surface area contributed by atoms with Crippen molar-refractivity contribution >= 4 is 34.2 Å². The molecule has 3 aromatic carbocycles. The maximum atomic E-state index is 13.3. The SMILES string of the molecule is CC[C@H](C(=O)Nc1c(C(=O)Nc2ccc(OC)c(OC)c2)oc2ccccc12)c1ccccc1. The number of ether oxygens (including phenoxy) is 2. The molecule has 0 spiro atoms. The predicted molar refractivity (Wildman–Crippen MR) is 132 cm³/mol. The molecule has 0 bridgehead atoms. The lowest BCUT2D eigenvalue weighted by Crippen LogP contribution is -2.22. The number of amides is 2. The summed E-state index contributed by atoms with van der Waals surface area (Å²) in [4.78, 5) is 26.5. The van der Waals surface area contributed by atoms with E-state index in [4.69, 9.17) is 13.9 Å². The molecule has 7 heteroatoms. The third-order valence-electron chi connectivity index (χ3n) is 5.62. The van der Waals surface area contributed by atoms with Gasteiger partial charge in [0, 0.05) is 17.1 Å². The third-order valence-corrected chi connectivity index (χ3v) is 5.62. The average molecular weight is 459 g/mol. The highest BCUT2D eigenvalue weighted by molar-refractivity contribution is 6.15. The highest BCUT2D eigenvalue weighted by Gasteiger charge is 2.26. The van der Waals surface area contributed by atoms with Crippen LogP contribution in [0.4, 0.5) is 11.4 Å². The Labute approximate surface area is 197 Å². The number of furan rings is 1. The number of fused-ring (bicyclic) bond motifs is 1. The standard InChI is InChI=1S/C27H26N2O5/c1-4-19(17-10-6-5-7-11-17)26(30)29-24-20-12-8-9-13-21(20)34-25(24)27(31)28-18-14-15-22(32-2)23(16-18)33-3/h5-16,19H,4H2,1-3H3,(H,28,31)(H,29,30)/t19-/m0/s1. The Hall–Kier alpha value is -4.26. The second-order valence-electron chi connectivity index (χ2n) is 7.69. The number of methoxy groups -OCH3 is 2. The molecule has 0 aliphatic rings. The molecule has 0 fully saturated rings. The minimum Gasteiger partial charge on any atom is -0.493 e. The smallest absolute Gasteiger partial charge is 0.293 e. The van der Waals surface area contributed by atoms with Crippen molar-refractivity contribution in [1.29, 1.82) is 0 Å². The van der Waals surface area contributed by atoms with Crippen LogP contribution in [0.1, 0.15) is 35.4 Å². The summed E-state index contributed by atoms with van der Waals surface area (Å²) in [6, 6.07) is 21.8. The van der Waals surface area contributed by atoms with Gasteiger partial charge in [-0.2, -0.15) is 0 Å². The molecule has 4 rings (SSSR count). The number of anilines is 2. The Morgan fingerprint density at radius 1 is 0.882 bits per heavy atom. The summed E-state index contributed by atoms with van der Waals surface area (Å²) in [6.07, 6.45) is 0.610. The molecule has 2 N–H and O–H groups in total. The van der Waals surface area contributed by atoms with Gasteiger partial charge < -0.3 is 24.5 Å². The lowest BCUT2D eigenvalue weighted by atomic mass is 9.95. The van der Waals surface area contributed by atoms with Gasteiger partial charge in [0.2, 0.25) is 11.7 Å². The second kappa shape index (κ2) is 10.1. The van der Waals surface area contributed by atoms with Crippen LogP contribution in [0.5, 0.6) is 11.5 Å². The largest absolute Gasteiger partial charge is 0.493 e. The van der Waals surface area contributed by atoms with Gasteiger partial charge in [-0.15, -0.1) is 0 Å². The number of para-hydroxylation sites is 1. The summed E-state index contributed by atoms with van der Waals surface area (Å²) in [5.74, 6) is -0.0217. The minimum absolute atomic E-state index is 0.0206. The summed E-state index contributed by atoms with van der Waals surface area (Å²) in [5, 5.41) is 6.42. The molecule has 0 saturated heterocycles. The summed E-state index contributed by atoms with van der Waals surface area (Å²) in [5.41, 5.74) is 2.25. The van der Waals surface area contributed by atoms with Crippen LogP contribution in [-0.2, 0) is 4.79 Å². The molecule has 0 saturated carbocycles. The van der Waals surface area contributed by atoms with E-state index < -0.39 is 5.91 Å². The van der Waals surface area contributed by atoms with E-state index in [0.29, 0.717) is 40.3 Å². The molecule has 4 aromatic rings. The molecule has 1 atom stereocenters. The fourth-order valence-electron chi connectivity index (χ4n) is 3.90. The summed E-state index contributed by atoms with van der Waals surface area (Å²) in [6.45, 7) is 1.95. The summed E-state index contributed by atoms with van der Waals surface area (Å²) in [7, 11) is 3.06. The van der Waals surface area contributed by atoms with E-state index in [0.717, 1.165) is 5.56 Å². The zero-order valence-electron chi connectivity index (χ0n) is 19.3. The molecule has 2 amide bonds. The van der Waals surface area contributed by atoms with Crippen LogP contribution in [0, 0.1) is 0 Å². The van der Waals surface area contributed by atoms with Gasteiger partial charge in [-0.3, -0.25) is 9.59 Å². The predicted octanol–water partition coefficient (Wildman–Crippen LogP) is 5.83. The monoisotopic (exact) mass is 458 g/mol.